The summed E-state index contributed by atoms with van der Waals surface area (Å²) in [6.45, 7) is 4.05. The van der Waals surface area contributed by atoms with E-state index in [1.807, 2.05) is 26.0 Å². The minimum atomic E-state index is 1.75. The van der Waals surface area contributed by atoms with Crippen molar-refractivity contribution in [3.63, 3.8) is 0 Å². The maximum atomic E-state index is 2.08. The smallest absolute Gasteiger partial charge is 0.00842 e. The van der Waals surface area contributed by atoms with E-state index in [-0.39, 0.29) is 0 Å². The SMILES string of the molecule is CC=CSSSSC=CC. The maximum absolute atomic E-state index is 2.08. The summed E-state index contributed by atoms with van der Waals surface area (Å²) in [6, 6.07) is 0. The van der Waals surface area contributed by atoms with Gasteiger partial charge in [-0.2, -0.15) is 0 Å². The van der Waals surface area contributed by atoms with Gasteiger partial charge in [-0.15, -0.1) is 0 Å². The lowest BCUT2D eigenvalue weighted by molar-refractivity contribution is 1.79. The first-order valence-corrected chi connectivity index (χ1v) is 7.74. The van der Waals surface area contributed by atoms with E-state index in [9.17, 15) is 0 Å². The molecule has 4 heteroatoms. The predicted molar refractivity (Wildman–Crippen MR) is 60.0 cm³/mol. The Bertz CT molecular complexity index is 94.3. The minimum Gasteiger partial charge on any atom is -0.0804 e. The summed E-state index contributed by atoms with van der Waals surface area (Å²) in [6.07, 6.45) is 4.08. The zero-order chi connectivity index (χ0) is 7.66. The summed E-state index contributed by atoms with van der Waals surface area (Å²) in [5.74, 6) is 0. The first-order chi connectivity index (χ1) is 4.91. The molecule has 0 unspecified atom stereocenters. The molecule has 0 bridgehead atoms. The van der Waals surface area contributed by atoms with Crippen LogP contribution in [0.2, 0.25) is 0 Å². The van der Waals surface area contributed by atoms with Crippen molar-refractivity contribution in [2.75, 3.05) is 0 Å². The van der Waals surface area contributed by atoms with Crippen molar-refractivity contribution in [2.24, 2.45) is 0 Å². The first-order valence-electron chi connectivity index (χ1n) is 2.79. The maximum Gasteiger partial charge on any atom is -0.00842 e. The van der Waals surface area contributed by atoms with Crippen LogP contribution in [0, 0.1) is 0 Å². The fourth-order valence-electron chi connectivity index (χ4n) is 0.189. The molecule has 0 spiro atoms. The second-order valence-electron chi connectivity index (χ2n) is 1.27. The topological polar surface area (TPSA) is 0 Å². The van der Waals surface area contributed by atoms with Crippen LogP contribution in [0.5, 0.6) is 0 Å². The molecule has 0 nitrogen and oxygen atoms in total. The molecule has 0 saturated heterocycles. The Morgan fingerprint density at radius 1 is 0.800 bits per heavy atom. The molecule has 0 fully saturated rings. The Morgan fingerprint density at radius 2 is 1.20 bits per heavy atom. The van der Waals surface area contributed by atoms with E-state index >= 15 is 0 Å². The van der Waals surface area contributed by atoms with Gasteiger partial charge in [-0.3, -0.25) is 0 Å². The zero-order valence-electron chi connectivity index (χ0n) is 5.94. The van der Waals surface area contributed by atoms with Gasteiger partial charge in [0.15, 0.2) is 0 Å². The molecule has 0 rings (SSSR count). The van der Waals surface area contributed by atoms with Gasteiger partial charge < -0.3 is 0 Å². The van der Waals surface area contributed by atoms with Crippen LogP contribution in [0.4, 0.5) is 0 Å². The second kappa shape index (κ2) is 9.88. The molecule has 0 heterocycles. The zero-order valence-corrected chi connectivity index (χ0v) is 9.21. The highest BCUT2D eigenvalue weighted by molar-refractivity contribution is 9.26. The van der Waals surface area contributed by atoms with Gasteiger partial charge in [0.25, 0.3) is 0 Å². The van der Waals surface area contributed by atoms with Crippen molar-refractivity contribution in [1.82, 2.24) is 0 Å². The molecule has 0 aliphatic carbocycles. The summed E-state index contributed by atoms with van der Waals surface area (Å²) in [5.41, 5.74) is 0. The van der Waals surface area contributed by atoms with Gasteiger partial charge in [-0.05, 0) is 44.3 Å². The van der Waals surface area contributed by atoms with Crippen molar-refractivity contribution in [2.45, 2.75) is 13.8 Å². The molecule has 0 aromatic carbocycles. The van der Waals surface area contributed by atoms with Crippen LogP contribution in [-0.4, -0.2) is 0 Å². The average molecular weight is 210 g/mol. The van der Waals surface area contributed by atoms with Gasteiger partial charge in [0.1, 0.15) is 0 Å². The predicted octanol–water partition coefficient (Wildman–Crippen LogP) is 4.73. The molecule has 0 aliphatic heterocycles. The molecule has 0 radical (unpaired) electrons. The molecule has 0 atom stereocenters. The Balaban J connectivity index is 2.90. The largest absolute Gasteiger partial charge is 0.0804 e. The Labute approximate surface area is 77.9 Å². The standard InChI is InChI=1S/C6H10S4/c1-3-5-7-9-10-8-6-4-2/h3-6H,1-2H3. The van der Waals surface area contributed by atoms with Gasteiger partial charge in [-0.1, -0.05) is 33.7 Å². The van der Waals surface area contributed by atoms with E-state index in [2.05, 4.69) is 10.8 Å². The van der Waals surface area contributed by atoms with Gasteiger partial charge in [0.2, 0.25) is 0 Å². The summed E-state index contributed by atoms with van der Waals surface area (Å²) in [4.78, 5) is 0. The molecular weight excluding hydrogens is 200 g/mol. The van der Waals surface area contributed by atoms with E-state index in [1.165, 1.54) is 0 Å². The van der Waals surface area contributed by atoms with Crippen LogP contribution in [-0.2, 0) is 0 Å². The second-order valence-corrected chi connectivity index (χ2v) is 6.89. The number of allylic oxidation sites excluding steroid dienone is 2. The average Bonchev–Trinajstić information content (AvgIpc) is 1.97. The molecule has 10 heavy (non-hydrogen) atoms. The molecule has 58 valence electrons. The van der Waals surface area contributed by atoms with Crippen molar-refractivity contribution in [3.8, 4) is 0 Å². The summed E-state index contributed by atoms with van der Waals surface area (Å²) in [7, 11) is 7.05. The van der Waals surface area contributed by atoms with Crippen LogP contribution < -0.4 is 0 Å². The van der Waals surface area contributed by atoms with Gasteiger partial charge in [0.05, 0.1) is 0 Å². The van der Waals surface area contributed by atoms with E-state index in [0.29, 0.717) is 0 Å². The third-order valence-electron chi connectivity index (χ3n) is 0.490. The highest BCUT2D eigenvalue weighted by Crippen LogP contribution is 2.43. The van der Waals surface area contributed by atoms with Crippen LogP contribution in [0.15, 0.2) is 23.0 Å². The van der Waals surface area contributed by atoms with Crippen LogP contribution in [0.3, 0.4) is 0 Å². The minimum absolute atomic E-state index is 1.75. The molecule has 0 aliphatic rings. The highest BCUT2D eigenvalue weighted by Gasteiger charge is 1.83. The molecule has 0 N–H and O–H groups in total. The molecule has 0 aromatic rings. The fraction of sp³-hybridized carbons (Fsp3) is 0.333. The van der Waals surface area contributed by atoms with E-state index in [1.54, 1.807) is 41.2 Å². The normalized spacial score (nSPS) is 11.8. The number of hydrogen-bond donors (Lipinski definition) is 0. The summed E-state index contributed by atoms with van der Waals surface area (Å²) in [5, 5.41) is 4.15. The van der Waals surface area contributed by atoms with Crippen LogP contribution >= 0.6 is 41.2 Å². The lowest BCUT2D eigenvalue weighted by Gasteiger charge is -1.88. The monoisotopic (exact) mass is 210 g/mol. The van der Waals surface area contributed by atoms with E-state index < -0.39 is 0 Å². The van der Waals surface area contributed by atoms with E-state index in [0.717, 1.165) is 0 Å². The first kappa shape index (κ1) is 10.9. The summed E-state index contributed by atoms with van der Waals surface area (Å²) >= 11 is 0. The molecular formula is C6H10S4. The molecule has 0 saturated carbocycles. The third kappa shape index (κ3) is 8.88. The molecule has 0 amide bonds. The third-order valence-corrected chi connectivity index (χ3v) is 6.19. The summed E-state index contributed by atoms with van der Waals surface area (Å²) < 4.78 is 0. The van der Waals surface area contributed by atoms with Crippen molar-refractivity contribution in [3.05, 3.63) is 23.0 Å². The Kier molecular flexibility index (Phi) is 10.7. The Hall–Kier alpha value is 0.880. The highest BCUT2D eigenvalue weighted by atomic mass is 33.7. The van der Waals surface area contributed by atoms with Crippen molar-refractivity contribution in [1.29, 1.82) is 0 Å². The van der Waals surface area contributed by atoms with Gasteiger partial charge in [-0.25, -0.2) is 0 Å². The van der Waals surface area contributed by atoms with Crippen LogP contribution in [0.1, 0.15) is 13.8 Å². The van der Waals surface area contributed by atoms with E-state index in [4.69, 9.17) is 0 Å². The Morgan fingerprint density at radius 3 is 1.50 bits per heavy atom. The number of hydrogen-bond acceptors (Lipinski definition) is 4. The van der Waals surface area contributed by atoms with Crippen LogP contribution in [0.25, 0.3) is 0 Å². The van der Waals surface area contributed by atoms with Gasteiger partial charge >= 0.3 is 0 Å². The quantitative estimate of drug-likeness (QED) is 0.475. The van der Waals surface area contributed by atoms with Crippen molar-refractivity contribution < 1.29 is 0 Å². The molecule has 0 aromatic heterocycles. The lowest BCUT2D eigenvalue weighted by Crippen LogP contribution is -1.37. The number of rotatable bonds is 5. The fourth-order valence-corrected chi connectivity index (χ4v) is 4.82. The van der Waals surface area contributed by atoms with Gasteiger partial charge in [0, 0.05) is 0 Å². The van der Waals surface area contributed by atoms with Crippen molar-refractivity contribution >= 4 is 41.2 Å². The lowest BCUT2D eigenvalue weighted by atomic mass is 10.8.